The lowest BCUT2D eigenvalue weighted by Gasteiger charge is -2.39. The number of carbonyl (C=O) groups is 1. The third-order valence-corrected chi connectivity index (χ3v) is 3.53. The Hall–Kier alpha value is -1.33. The predicted octanol–water partition coefficient (Wildman–Crippen LogP) is 2.26. The lowest BCUT2D eigenvalue weighted by molar-refractivity contribution is -0.00443. The highest BCUT2D eigenvalue weighted by Crippen LogP contribution is 2.23. The number of ether oxygens (including phenoxy) is 1. The van der Waals surface area contributed by atoms with Crippen molar-refractivity contribution in [3.05, 3.63) is 35.4 Å². The van der Waals surface area contributed by atoms with E-state index in [-0.39, 0.29) is 11.3 Å². The molecule has 0 spiro atoms. The van der Waals surface area contributed by atoms with Crippen molar-refractivity contribution in [3.63, 3.8) is 0 Å². The summed E-state index contributed by atoms with van der Waals surface area (Å²) in [6.45, 7) is 5.88. The molecule has 19 heavy (non-hydrogen) atoms. The molecule has 2 rings (SSSR count). The van der Waals surface area contributed by atoms with Crippen molar-refractivity contribution in [2.75, 3.05) is 26.3 Å². The second-order valence-corrected chi connectivity index (χ2v) is 5.11. The maximum absolute atomic E-state index is 13.7. The highest BCUT2D eigenvalue weighted by atomic mass is 19.1. The Kier molecular flexibility index (Phi) is 3.96. The van der Waals surface area contributed by atoms with Gasteiger partial charge in [0.1, 0.15) is 11.6 Å². The topological polar surface area (TPSA) is 29.5 Å². The van der Waals surface area contributed by atoms with Crippen LogP contribution in [0.4, 0.5) is 8.78 Å². The summed E-state index contributed by atoms with van der Waals surface area (Å²) < 4.78 is 31.8. The number of Topliss-reactive ketones (excluding diaryl/α,β-unsaturated/α-hetero) is 1. The van der Waals surface area contributed by atoms with E-state index in [9.17, 15) is 13.6 Å². The van der Waals surface area contributed by atoms with Crippen molar-refractivity contribution in [1.82, 2.24) is 4.90 Å². The minimum Gasteiger partial charge on any atom is -0.379 e. The van der Waals surface area contributed by atoms with Gasteiger partial charge in [0.05, 0.1) is 24.3 Å². The summed E-state index contributed by atoms with van der Waals surface area (Å²) in [5.41, 5.74) is -0.902. The maximum Gasteiger partial charge on any atom is 0.185 e. The van der Waals surface area contributed by atoms with Gasteiger partial charge in [0, 0.05) is 19.2 Å². The first-order valence-corrected chi connectivity index (χ1v) is 6.25. The van der Waals surface area contributed by atoms with E-state index in [1.807, 2.05) is 4.90 Å². The number of carbonyl (C=O) groups excluding carboxylic acids is 1. The van der Waals surface area contributed by atoms with Crippen LogP contribution in [0, 0.1) is 11.6 Å². The third-order valence-electron chi connectivity index (χ3n) is 3.53. The number of benzene rings is 1. The minimum atomic E-state index is -0.831. The molecule has 1 aliphatic rings. The van der Waals surface area contributed by atoms with Gasteiger partial charge in [0.15, 0.2) is 5.78 Å². The molecule has 0 bridgehead atoms. The molecule has 0 aliphatic carbocycles. The average Bonchev–Trinajstić information content (AvgIpc) is 2.39. The Morgan fingerprint density at radius 3 is 2.47 bits per heavy atom. The fourth-order valence-electron chi connectivity index (χ4n) is 2.27. The van der Waals surface area contributed by atoms with E-state index in [1.165, 1.54) is 6.07 Å². The zero-order valence-corrected chi connectivity index (χ0v) is 11.1. The predicted molar refractivity (Wildman–Crippen MR) is 67.2 cm³/mol. The van der Waals surface area contributed by atoms with Gasteiger partial charge in [-0.1, -0.05) is 0 Å². The Balaban J connectivity index is 2.26. The molecule has 5 heteroatoms. The van der Waals surface area contributed by atoms with Crippen LogP contribution in [0.2, 0.25) is 0 Å². The monoisotopic (exact) mass is 269 g/mol. The van der Waals surface area contributed by atoms with Gasteiger partial charge in [0.25, 0.3) is 0 Å². The van der Waals surface area contributed by atoms with Crippen molar-refractivity contribution in [3.8, 4) is 0 Å². The summed E-state index contributed by atoms with van der Waals surface area (Å²) in [5.74, 6) is -1.84. The first-order chi connectivity index (χ1) is 8.93. The minimum absolute atomic E-state index is 0.0714. The maximum atomic E-state index is 13.7. The highest BCUT2D eigenvalue weighted by Gasteiger charge is 2.37. The molecule has 0 aromatic heterocycles. The molecule has 0 N–H and O–H groups in total. The molecule has 1 fully saturated rings. The molecule has 0 atom stereocenters. The quantitative estimate of drug-likeness (QED) is 0.788. The van der Waals surface area contributed by atoms with Crippen LogP contribution < -0.4 is 0 Å². The van der Waals surface area contributed by atoms with Gasteiger partial charge in [-0.05, 0) is 26.0 Å². The van der Waals surface area contributed by atoms with Gasteiger partial charge >= 0.3 is 0 Å². The molecular weight excluding hydrogens is 252 g/mol. The highest BCUT2D eigenvalue weighted by molar-refractivity contribution is 6.02. The summed E-state index contributed by atoms with van der Waals surface area (Å²) in [7, 11) is 0. The smallest absolute Gasteiger partial charge is 0.185 e. The van der Waals surface area contributed by atoms with Crippen LogP contribution >= 0.6 is 0 Å². The molecule has 1 heterocycles. The van der Waals surface area contributed by atoms with Gasteiger partial charge in [-0.2, -0.15) is 0 Å². The number of hydrogen-bond donors (Lipinski definition) is 0. The number of nitrogens with zero attached hydrogens (tertiary/aromatic N) is 1. The lowest BCUT2D eigenvalue weighted by Crippen LogP contribution is -2.54. The number of morpholine rings is 1. The summed E-state index contributed by atoms with van der Waals surface area (Å²) in [6, 6.07) is 3.05. The molecule has 0 amide bonds. The van der Waals surface area contributed by atoms with E-state index >= 15 is 0 Å². The van der Waals surface area contributed by atoms with Crippen LogP contribution in [0.25, 0.3) is 0 Å². The summed E-state index contributed by atoms with van der Waals surface area (Å²) in [6.07, 6.45) is 0. The summed E-state index contributed by atoms with van der Waals surface area (Å²) >= 11 is 0. The molecular formula is C14H17F2NO2. The Morgan fingerprint density at radius 2 is 1.89 bits per heavy atom. The standard InChI is InChI=1S/C14H17F2NO2/c1-14(2,17-5-7-19-8-6-17)13(18)11-4-3-10(15)9-12(11)16/h3-4,9H,5-8H2,1-2H3. The molecule has 0 unspecified atom stereocenters. The zero-order chi connectivity index (χ0) is 14.0. The Bertz CT molecular complexity index is 482. The average molecular weight is 269 g/mol. The Morgan fingerprint density at radius 1 is 1.26 bits per heavy atom. The normalized spacial score (nSPS) is 17.5. The van der Waals surface area contributed by atoms with Gasteiger partial charge in [-0.25, -0.2) is 8.78 Å². The molecule has 1 aromatic carbocycles. The lowest BCUT2D eigenvalue weighted by atomic mass is 9.90. The second-order valence-electron chi connectivity index (χ2n) is 5.11. The van der Waals surface area contributed by atoms with Gasteiger partial charge in [-0.3, -0.25) is 9.69 Å². The Labute approximate surface area is 111 Å². The van der Waals surface area contributed by atoms with Crippen LogP contribution in [-0.4, -0.2) is 42.5 Å². The molecule has 1 aliphatic heterocycles. The van der Waals surface area contributed by atoms with E-state index in [2.05, 4.69) is 0 Å². The fraction of sp³-hybridized carbons (Fsp3) is 0.500. The van der Waals surface area contributed by atoms with Gasteiger partial charge in [0.2, 0.25) is 0 Å². The third kappa shape index (κ3) is 2.82. The van der Waals surface area contributed by atoms with Crippen LogP contribution in [0.3, 0.4) is 0 Å². The van der Waals surface area contributed by atoms with Crippen LogP contribution in [0.5, 0.6) is 0 Å². The van der Waals surface area contributed by atoms with E-state index < -0.39 is 17.2 Å². The first kappa shape index (κ1) is 14.1. The van der Waals surface area contributed by atoms with Crippen molar-refractivity contribution in [1.29, 1.82) is 0 Å². The van der Waals surface area contributed by atoms with Crippen molar-refractivity contribution in [2.24, 2.45) is 0 Å². The summed E-state index contributed by atoms with van der Waals surface area (Å²) in [4.78, 5) is 14.4. The summed E-state index contributed by atoms with van der Waals surface area (Å²) in [5, 5.41) is 0. The molecule has 1 saturated heterocycles. The molecule has 1 aromatic rings. The zero-order valence-electron chi connectivity index (χ0n) is 11.1. The molecule has 0 saturated carbocycles. The van der Waals surface area contributed by atoms with E-state index in [0.717, 1.165) is 12.1 Å². The second kappa shape index (κ2) is 5.35. The van der Waals surface area contributed by atoms with Crippen LogP contribution in [0.15, 0.2) is 18.2 Å². The van der Waals surface area contributed by atoms with Crippen LogP contribution in [0.1, 0.15) is 24.2 Å². The SMILES string of the molecule is CC(C)(C(=O)c1ccc(F)cc1F)N1CCOCC1. The van der Waals surface area contributed by atoms with Gasteiger partial charge in [-0.15, -0.1) is 0 Å². The number of rotatable bonds is 3. The largest absolute Gasteiger partial charge is 0.379 e. The first-order valence-electron chi connectivity index (χ1n) is 6.25. The van der Waals surface area contributed by atoms with E-state index in [4.69, 9.17) is 4.74 Å². The number of hydrogen-bond acceptors (Lipinski definition) is 3. The van der Waals surface area contributed by atoms with Crippen LogP contribution in [-0.2, 0) is 4.74 Å². The number of ketones is 1. The molecule has 0 radical (unpaired) electrons. The van der Waals surface area contributed by atoms with Crippen molar-refractivity contribution in [2.45, 2.75) is 19.4 Å². The fourth-order valence-corrected chi connectivity index (χ4v) is 2.27. The number of halogens is 2. The molecule has 3 nitrogen and oxygen atoms in total. The molecule has 104 valence electrons. The van der Waals surface area contributed by atoms with Crippen molar-refractivity contribution < 1.29 is 18.3 Å². The van der Waals surface area contributed by atoms with Crippen molar-refractivity contribution >= 4 is 5.78 Å². The van der Waals surface area contributed by atoms with E-state index in [0.29, 0.717) is 26.3 Å². The van der Waals surface area contributed by atoms with Gasteiger partial charge < -0.3 is 4.74 Å². The van der Waals surface area contributed by atoms with E-state index in [1.54, 1.807) is 13.8 Å².